The van der Waals surface area contributed by atoms with E-state index in [1.54, 1.807) is 0 Å². The number of halogens is 2. The maximum Gasteiger partial charge on any atom is 0.191 e. The molecule has 1 saturated heterocycles. The maximum atomic E-state index is 6.67. The minimum atomic E-state index is -1.70. The Bertz CT molecular complexity index is 826. The minimum absolute atomic E-state index is 0.0121. The van der Waals surface area contributed by atoms with Gasteiger partial charge in [-0.2, -0.15) is 5.10 Å². The van der Waals surface area contributed by atoms with Gasteiger partial charge in [0.15, 0.2) is 14.5 Å². The Kier molecular flexibility index (Phi) is 6.97. The third kappa shape index (κ3) is 4.67. The number of benzene rings is 1. The van der Waals surface area contributed by atoms with Crippen LogP contribution in [-0.2, 0) is 15.6 Å². The smallest absolute Gasteiger partial charge is 0.191 e. The number of aromatic nitrogens is 2. The highest BCUT2D eigenvalue weighted by molar-refractivity contribution is 9.10. The summed E-state index contributed by atoms with van der Waals surface area (Å²) >= 11 is 10.5. The van der Waals surface area contributed by atoms with Crippen LogP contribution in [-0.4, -0.2) is 31.3 Å². The van der Waals surface area contributed by atoms with E-state index in [0.29, 0.717) is 0 Å². The van der Waals surface area contributed by atoms with E-state index < -0.39 is 8.32 Å². The third-order valence-corrected chi connectivity index (χ3v) is 11.9. The molecular formula is C21H32BrClN2O2Si. The van der Waals surface area contributed by atoms with E-state index in [0.717, 1.165) is 64.9 Å². The maximum absolute atomic E-state index is 6.67. The van der Waals surface area contributed by atoms with Gasteiger partial charge in [-0.05, 0) is 77.8 Å². The first-order valence-corrected chi connectivity index (χ1v) is 14.3. The van der Waals surface area contributed by atoms with Crippen LogP contribution in [0.1, 0.15) is 58.2 Å². The average Bonchev–Trinajstić information content (AvgIpc) is 3.04. The predicted octanol–water partition coefficient (Wildman–Crippen LogP) is 7.11. The van der Waals surface area contributed by atoms with Crippen molar-refractivity contribution >= 4 is 46.8 Å². The van der Waals surface area contributed by atoms with E-state index in [-0.39, 0.29) is 11.3 Å². The molecule has 1 aromatic carbocycles. The third-order valence-electron chi connectivity index (χ3n) is 6.16. The first kappa shape index (κ1) is 22.3. The number of fused-ring (bicyclic) bond motifs is 1. The van der Waals surface area contributed by atoms with Crippen LogP contribution in [0.2, 0.25) is 23.2 Å². The van der Waals surface area contributed by atoms with Crippen molar-refractivity contribution in [3.05, 3.63) is 27.3 Å². The van der Waals surface area contributed by atoms with Gasteiger partial charge in [0.25, 0.3) is 0 Å². The van der Waals surface area contributed by atoms with Gasteiger partial charge in [0.05, 0.1) is 11.7 Å². The largest absolute Gasteiger partial charge is 0.417 e. The SMILES string of the molecule is CC(C)(C)[Si](C)(C)OCCCc1c(Cl)cc2c(cnn2C2CCCCO2)c1Br. The summed E-state index contributed by atoms with van der Waals surface area (Å²) in [4.78, 5) is 0. The second-order valence-corrected chi connectivity index (χ2v) is 15.2. The number of hydrogen-bond donors (Lipinski definition) is 0. The Morgan fingerprint density at radius 1 is 1.36 bits per heavy atom. The van der Waals surface area contributed by atoms with Gasteiger partial charge in [-0.25, -0.2) is 4.68 Å². The van der Waals surface area contributed by atoms with Crippen LogP contribution in [0.5, 0.6) is 0 Å². The fraction of sp³-hybridized carbons (Fsp3) is 0.667. The molecule has 0 radical (unpaired) electrons. The molecule has 0 aliphatic carbocycles. The van der Waals surface area contributed by atoms with Crippen LogP contribution in [0.15, 0.2) is 16.7 Å². The molecule has 2 heterocycles. The first-order valence-electron chi connectivity index (χ1n) is 10.2. The Hall–Kier alpha value is -0.403. The number of hydrogen-bond acceptors (Lipinski definition) is 3. The molecule has 1 aliphatic heterocycles. The summed E-state index contributed by atoms with van der Waals surface area (Å²) in [5.41, 5.74) is 2.17. The van der Waals surface area contributed by atoms with Crippen LogP contribution < -0.4 is 0 Å². The molecule has 1 aliphatic rings. The van der Waals surface area contributed by atoms with E-state index in [1.807, 2.05) is 16.9 Å². The molecule has 1 atom stereocenters. The lowest BCUT2D eigenvalue weighted by Crippen LogP contribution is -2.41. The van der Waals surface area contributed by atoms with Crippen molar-refractivity contribution in [1.29, 1.82) is 0 Å². The first-order chi connectivity index (χ1) is 13.1. The van der Waals surface area contributed by atoms with Gasteiger partial charge < -0.3 is 9.16 Å². The van der Waals surface area contributed by atoms with Gasteiger partial charge in [-0.15, -0.1) is 0 Å². The lowest BCUT2D eigenvalue weighted by molar-refractivity contribution is -0.0366. The average molecular weight is 488 g/mol. The highest BCUT2D eigenvalue weighted by Gasteiger charge is 2.36. The van der Waals surface area contributed by atoms with Crippen LogP contribution in [0.3, 0.4) is 0 Å². The molecule has 0 saturated carbocycles. The van der Waals surface area contributed by atoms with E-state index >= 15 is 0 Å². The molecule has 1 unspecified atom stereocenters. The molecule has 0 bridgehead atoms. The van der Waals surface area contributed by atoms with Gasteiger partial charge in [-0.3, -0.25) is 0 Å². The molecule has 0 N–H and O–H groups in total. The standard InChI is InChI=1S/C21H32BrClN2O2Si/c1-21(2,3)28(4,5)27-12-8-9-15-17(23)13-18-16(20(15)22)14-24-25(18)19-10-6-7-11-26-19/h13-14,19H,6-12H2,1-5H3. The van der Waals surface area contributed by atoms with Crippen LogP contribution >= 0.6 is 27.5 Å². The van der Waals surface area contributed by atoms with Crippen molar-refractivity contribution in [3.63, 3.8) is 0 Å². The highest BCUT2D eigenvalue weighted by atomic mass is 79.9. The summed E-state index contributed by atoms with van der Waals surface area (Å²) < 4.78 is 15.2. The van der Waals surface area contributed by atoms with Gasteiger partial charge >= 0.3 is 0 Å². The summed E-state index contributed by atoms with van der Waals surface area (Å²) in [5.74, 6) is 0. The molecule has 156 valence electrons. The van der Waals surface area contributed by atoms with E-state index in [2.05, 4.69) is 54.9 Å². The number of ether oxygens (including phenoxy) is 1. The van der Waals surface area contributed by atoms with E-state index in [4.69, 9.17) is 20.8 Å². The van der Waals surface area contributed by atoms with Crippen molar-refractivity contribution in [2.45, 2.75) is 77.2 Å². The van der Waals surface area contributed by atoms with Gasteiger partial charge in [0.2, 0.25) is 0 Å². The fourth-order valence-corrected chi connectivity index (χ4v) is 5.54. The molecule has 7 heteroatoms. The number of rotatable bonds is 6. The Morgan fingerprint density at radius 3 is 2.75 bits per heavy atom. The Morgan fingerprint density at radius 2 is 2.11 bits per heavy atom. The molecule has 0 amide bonds. The molecule has 2 aromatic rings. The minimum Gasteiger partial charge on any atom is -0.417 e. The van der Waals surface area contributed by atoms with Crippen molar-refractivity contribution in [2.24, 2.45) is 0 Å². The molecule has 4 nitrogen and oxygen atoms in total. The van der Waals surface area contributed by atoms with Crippen LogP contribution in [0.25, 0.3) is 10.9 Å². The van der Waals surface area contributed by atoms with Crippen molar-refractivity contribution in [1.82, 2.24) is 9.78 Å². The zero-order valence-electron chi connectivity index (χ0n) is 17.6. The van der Waals surface area contributed by atoms with Crippen molar-refractivity contribution in [3.8, 4) is 0 Å². The lowest BCUT2D eigenvalue weighted by Gasteiger charge is -2.36. The Labute approximate surface area is 183 Å². The van der Waals surface area contributed by atoms with Crippen LogP contribution in [0, 0.1) is 0 Å². The predicted molar refractivity (Wildman–Crippen MR) is 123 cm³/mol. The molecule has 3 rings (SSSR count). The molecular weight excluding hydrogens is 456 g/mol. The zero-order valence-corrected chi connectivity index (χ0v) is 21.0. The summed E-state index contributed by atoms with van der Waals surface area (Å²) in [6, 6.07) is 2.04. The zero-order chi connectivity index (χ0) is 20.5. The van der Waals surface area contributed by atoms with E-state index in [9.17, 15) is 0 Å². The Balaban J connectivity index is 1.72. The molecule has 1 fully saturated rings. The molecule has 1 aromatic heterocycles. The second kappa shape index (κ2) is 8.76. The van der Waals surface area contributed by atoms with Crippen molar-refractivity contribution < 1.29 is 9.16 Å². The van der Waals surface area contributed by atoms with Gasteiger partial charge in [0, 0.05) is 28.1 Å². The number of nitrogens with zero attached hydrogens (tertiary/aromatic N) is 2. The molecule has 28 heavy (non-hydrogen) atoms. The summed E-state index contributed by atoms with van der Waals surface area (Å²) in [6.45, 7) is 13.0. The van der Waals surface area contributed by atoms with Crippen molar-refractivity contribution in [2.75, 3.05) is 13.2 Å². The highest BCUT2D eigenvalue weighted by Crippen LogP contribution is 2.38. The van der Waals surface area contributed by atoms with Crippen LogP contribution in [0.4, 0.5) is 0 Å². The fourth-order valence-electron chi connectivity index (χ4n) is 3.33. The normalized spacial score (nSPS) is 18.8. The quantitative estimate of drug-likeness (QED) is 0.322. The molecule has 0 spiro atoms. The lowest BCUT2D eigenvalue weighted by atomic mass is 10.1. The van der Waals surface area contributed by atoms with Gasteiger partial charge in [-0.1, -0.05) is 32.4 Å². The van der Waals surface area contributed by atoms with Gasteiger partial charge in [0.1, 0.15) is 0 Å². The summed E-state index contributed by atoms with van der Waals surface area (Å²) in [7, 11) is -1.70. The summed E-state index contributed by atoms with van der Waals surface area (Å²) in [6.07, 6.45) is 7.07. The monoisotopic (exact) mass is 486 g/mol. The second-order valence-electron chi connectivity index (χ2n) is 9.21. The van der Waals surface area contributed by atoms with E-state index in [1.165, 1.54) is 6.42 Å². The summed E-state index contributed by atoms with van der Waals surface area (Å²) in [5, 5.41) is 6.72. The topological polar surface area (TPSA) is 36.3 Å².